The molecule has 12 heavy (non-hydrogen) atoms. The fourth-order valence-corrected chi connectivity index (χ4v) is 2.84. The number of ether oxygens (including phenoxy) is 1. The number of carbonyl (C=O) groups excluding carboxylic acids is 1. The highest BCUT2D eigenvalue weighted by Gasteiger charge is 2.23. The number of hydrogen-bond donors (Lipinski definition) is 0. The lowest BCUT2D eigenvalue weighted by Crippen LogP contribution is -2.35. The molecule has 0 aliphatic carbocycles. The topological polar surface area (TPSA) is 29.5 Å². The van der Waals surface area contributed by atoms with Gasteiger partial charge in [-0.1, -0.05) is 0 Å². The number of amides is 1. The van der Waals surface area contributed by atoms with Crippen molar-refractivity contribution >= 4 is 15.6 Å². The van der Waals surface area contributed by atoms with Crippen LogP contribution in [0.3, 0.4) is 0 Å². The fraction of sp³-hybridized carbons (Fsp3) is 0.875. The Morgan fingerprint density at radius 2 is 2.17 bits per heavy atom. The molecular formula is C8H17NO2Si. The molecule has 0 aromatic carbocycles. The summed E-state index contributed by atoms with van der Waals surface area (Å²) < 4.78 is 5.23. The van der Waals surface area contributed by atoms with Crippen LogP contribution in [0.5, 0.6) is 0 Å². The van der Waals surface area contributed by atoms with Crippen molar-refractivity contribution in [2.24, 2.45) is 0 Å². The molecule has 0 radical (unpaired) electrons. The quantitative estimate of drug-likeness (QED) is 0.525. The van der Waals surface area contributed by atoms with Gasteiger partial charge in [0.1, 0.15) is 5.60 Å². The minimum Gasteiger partial charge on any atom is -0.444 e. The van der Waals surface area contributed by atoms with Crippen LogP contribution >= 0.6 is 0 Å². The van der Waals surface area contributed by atoms with E-state index < -0.39 is 0 Å². The first-order valence-electron chi connectivity index (χ1n) is 4.47. The number of nitrogens with zero attached hydrogens (tertiary/aromatic N) is 1. The van der Waals surface area contributed by atoms with E-state index in [1.54, 1.807) is 0 Å². The standard InChI is InChI=1S/C8H17NO2Si/c1-8(2,3)11-7(10)9-4-5-12-6-9/h4-6,12H2,1-3H3. The van der Waals surface area contributed by atoms with E-state index in [1.807, 2.05) is 25.7 Å². The molecule has 1 heterocycles. The SMILES string of the molecule is CC(C)(C)OC(=O)N1CC[SiH2]C1. The van der Waals surface area contributed by atoms with Gasteiger partial charge in [0.15, 0.2) is 0 Å². The van der Waals surface area contributed by atoms with Crippen LogP contribution in [-0.4, -0.2) is 38.8 Å². The van der Waals surface area contributed by atoms with Crippen molar-refractivity contribution in [2.75, 3.05) is 12.7 Å². The lowest BCUT2D eigenvalue weighted by atomic mass is 10.2. The van der Waals surface area contributed by atoms with Crippen LogP contribution in [0, 0.1) is 0 Å². The van der Waals surface area contributed by atoms with Crippen molar-refractivity contribution in [1.82, 2.24) is 4.90 Å². The molecule has 70 valence electrons. The Labute approximate surface area is 75.9 Å². The molecule has 0 spiro atoms. The molecule has 0 aromatic heterocycles. The van der Waals surface area contributed by atoms with E-state index in [2.05, 4.69) is 0 Å². The number of carbonyl (C=O) groups is 1. The van der Waals surface area contributed by atoms with Crippen LogP contribution in [0.2, 0.25) is 6.04 Å². The predicted molar refractivity (Wildman–Crippen MR) is 51.2 cm³/mol. The Kier molecular flexibility index (Phi) is 2.77. The summed E-state index contributed by atoms with van der Waals surface area (Å²) in [6.07, 6.45) is 0.863. The molecule has 0 N–H and O–H groups in total. The van der Waals surface area contributed by atoms with Crippen molar-refractivity contribution in [2.45, 2.75) is 32.4 Å². The summed E-state index contributed by atoms with van der Waals surface area (Å²) in [4.78, 5) is 13.2. The molecule has 0 atom stereocenters. The predicted octanol–water partition coefficient (Wildman–Crippen LogP) is 0.782. The van der Waals surface area contributed by atoms with E-state index >= 15 is 0 Å². The molecule has 0 unspecified atom stereocenters. The highest BCUT2D eigenvalue weighted by molar-refractivity contribution is 6.37. The van der Waals surface area contributed by atoms with Gasteiger partial charge in [0, 0.05) is 22.2 Å². The van der Waals surface area contributed by atoms with Gasteiger partial charge < -0.3 is 9.64 Å². The summed E-state index contributed by atoms with van der Waals surface area (Å²) in [6, 6.07) is 1.25. The van der Waals surface area contributed by atoms with Crippen LogP contribution < -0.4 is 0 Å². The maximum absolute atomic E-state index is 11.4. The zero-order chi connectivity index (χ0) is 9.19. The van der Waals surface area contributed by atoms with Crippen LogP contribution in [0.15, 0.2) is 0 Å². The summed E-state index contributed by atoms with van der Waals surface area (Å²) in [5, 5.41) is 0. The van der Waals surface area contributed by atoms with Crippen molar-refractivity contribution in [3.8, 4) is 0 Å². The molecule has 1 aliphatic heterocycles. The number of hydrogen-bond acceptors (Lipinski definition) is 2. The molecule has 1 saturated heterocycles. The van der Waals surface area contributed by atoms with E-state index in [-0.39, 0.29) is 21.2 Å². The largest absolute Gasteiger partial charge is 0.444 e. The van der Waals surface area contributed by atoms with Gasteiger partial charge in [-0.25, -0.2) is 4.79 Å². The van der Waals surface area contributed by atoms with Gasteiger partial charge in [-0.15, -0.1) is 0 Å². The third-order valence-electron chi connectivity index (χ3n) is 1.76. The van der Waals surface area contributed by atoms with Crippen molar-refractivity contribution in [3.05, 3.63) is 0 Å². The van der Waals surface area contributed by atoms with Crippen LogP contribution in [0.1, 0.15) is 20.8 Å². The van der Waals surface area contributed by atoms with E-state index in [1.165, 1.54) is 6.04 Å². The van der Waals surface area contributed by atoms with Gasteiger partial charge in [0.25, 0.3) is 0 Å². The Hall–Kier alpha value is -0.513. The average molecular weight is 187 g/mol. The summed E-state index contributed by atoms with van der Waals surface area (Å²) in [5.41, 5.74) is -0.346. The van der Waals surface area contributed by atoms with Gasteiger partial charge in [0.2, 0.25) is 0 Å². The molecule has 4 heteroatoms. The van der Waals surface area contributed by atoms with E-state index in [0.717, 1.165) is 12.7 Å². The van der Waals surface area contributed by atoms with Gasteiger partial charge in [-0.3, -0.25) is 0 Å². The molecule has 1 aliphatic rings. The van der Waals surface area contributed by atoms with Gasteiger partial charge in [-0.05, 0) is 26.8 Å². The summed E-state index contributed by atoms with van der Waals surface area (Å²) in [5.74, 6) is 0. The highest BCUT2D eigenvalue weighted by Crippen LogP contribution is 2.11. The first kappa shape index (κ1) is 9.57. The minimum atomic E-state index is -0.346. The highest BCUT2D eigenvalue weighted by atomic mass is 28.2. The maximum atomic E-state index is 11.4. The second kappa shape index (κ2) is 3.47. The zero-order valence-corrected chi connectivity index (χ0v) is 9.51. The Morgan fingerprint density at radius 3 is 2.58 bits per heavy atom. The van der Waals surface area contributed by atoms with Crippen molar-refractivity contribution < 1.29 is 9.53 Å². The van der Waals surface area contributed by atoms with Gasteiger partial charge in [0.05, 0.1) is 0 Å². The molecule has 0 aromatic rings. The smallest absolute Gasteiger partial charge is 0.409 e. The monoisotopic (exact) mass is 187 g/mol. The Morgan fingerprint density at radius 1 is 1.50 bits per heavy atom. The average Bonchev–Trinajstić information content (AvgIpc) is 2.32. The van der Waals surface area contributed by atoms with Crippen LogP contribution in [0.4, 0.5) is 4.79 Å². The number of rotatable bonds is 0. The first-order chi connectivity index (χ1) is 5.49. The van der Waals surface area contributed by atoms with E-state index in [9.17, 15) is 4.79 Å². The third-order valence-corrected chi connectivity index (χ3v) is 3.43. The third kappa shape index (κ3) is 2.85. The summed E-state index contributed by atoms with van der Waals surface area (Å²) >= 11 is 0. The Bertz CT molecular complexity index is 170. The minimum absolute atomic E-state index is 0.0250. The fourth-order valence-electron chi connectivity index (χ4n) is 1.23. The van der Waals surface area contributed by atoms with Gasteiger partial charge >= 0.3 is 6.09 Å². The summed E-state index contributed by atoms with van der Waals surface area (Å²) in [6.45, 7) is 6.62. The second-order valence-corrected chi connectivity index (χ2v) is 6.04. The molecule has 0 bridgehead atoms. The second-order valence-electron chi connectivity index (χ2n) is 4.17. The van der Waals surface area contributed by atoms with Gasteiger partial charge in [-0.2, -0.15) is 0 Å². The van der Waals surface area contributed by atoms with E-state index in [4.69, 9.17) is 4.74 Å². The van der Waals surface area contributed by atoms with E-state index in [0.29, 0.717) is 0 Å². The molecule has 1 rings (SSSR count). The lowest BCUT2D eigenvalue weighted by molar-refractivity contribution is 0.0306. The lowest BCUT2D eigenvalue weighted by Gasteiger charge is -2.24. The molecule has 1 fully saturated rings. The zero-order valence-electron chi connectivity index (χ0n) is 8.09. The maximum Gasteiger partial charge on any atom is 0.409 e. The van der Waals surface area contributed by atoms with Crippen LogP contribution in [-0.2, 0) is 4.74 Å². The molecule has 0 saturated carbocycles. The van der Waals surface area contributed by atoms with Crippen molar-refractivity contribution in [3.63, 3.8) is 0 Å². The summed E-state index contributed by atoms with van der Waals surface area (Å²) in [7, 11) is 0.0250. The normalized spacial score (nSPS) is 20.1. The first-order valence-corrected chi connectivity index (χ1v) is 6.47. The van der Waals surface area contributed by atoms with Crippen molar-refractivity contribution in [1.29, 1.82) is 0 Å². The molecule has 3 nitrogen and oxygen atoms in total. The molecular weight excluding hydrogens is 170 g/mol. The molecule has 1 amide bonds. The van der Waals surface area contributed by atoms with Crippen LogP contribution in [0.25, 0.3) is 0 Å². The Balaban J connectivity index is 2.37.